The first-order valence-electron chi connectivity index (χ1n) is 8.86. The second-order valence-electron chi connectivity index (χ2n) is 7.39. The van der Waals surface area contributed by atoms with Gasteiger partial charge in [0.25, 0.3) is 0 Å². The molecule has 2 aliphatic carbocycles. The summed E-state index contributed by atoms with van der Waals surface area (Å²) in [6, 6.07) is 9.75. The molecule has 21 heavy (non-hydrogen) atoms. The highest BCUT2D eigenvalue weighted by Crippen LogP contribution is 2.44. The van der Waals surface area contributed by atoms with Crippen LogP contribution in [0.25, 0.3) is 0 Å². The fourth-order valence-electron chi connectivity index (χ4n) is 5.06. The number of anilines is 1. The number of nitrogens with zero attached hydrogens (tertiary/aromatic N) is 2. The first-order chi connectivity index (χ1) is 10.3. The number of hydrogen-bond acceptors (Lipinski definition) is 2. The van der Waals surface area contributed by atoms with E-state index in [0.717, 1.165) is 17.9 Å². The lowest BCUT2D eigenvalue weighted by atomic mass is 9.84. The van der Waals surface area contributed by atoms with Gasteiger partial charge in [-0.15, -0.1) is 0 Å². The molecule has 3 fully saturated rings. The Bertz CT molecular complexity index is 490. The summed E-state index contributed by atoms with van der Waals surface area (Å²) < 4.78 is 0. The van der Waals surface area contributed by atoms with E-state index in [2.05, 4.69) is 41.0 Å². The third kappa shape index (κ3) is 2.59. The molecule has 2 heteroatoms. The Morgan fingerprint density at radius 3 is 2.48 bits per heavy atom. The van der Waals surface area contributed by atoms with E-state index in [-0.39, 0.29) is 0 Å². The van der Waals surface area contributed by atoms with E-state index >= 15 is 0 Å². The predicted molar refractivity (Wildman–Crippen MR) is 88.8 cm³/mol. The minimum absolute atomic E-state index is 0.905. The molecule has 1 heterocycles. The lowest BCUT2D eigenvalue weighted by Gasteiger charge is -2.44. The molecule has 1 aromatic carbocycles. The van der Waals surface area contributed by atoms with Crippen molar-refractivity contribution in [1.29, 1.82) is 0 Å². The molecule has 2 nitrogen and oxygen atoms in total. The topological polar surface area (TPSA) is 6.48 Å². The number of piperazine rings is 1. The van der Waals surface area contributed by atoms with Gasteiger partial charge in [-0.1, -0.05) is 24.6 Å². The van der Waals surface area contributed by atoms with Crippen molar-refractivity contribution in [1.82, 2.24) is 4.90 Å². The number of para-hydroxylation sites is 1. The van der Waals surface area contributed by atoms with Crippen LogP contribution in [0.3, 0.4) is 0 Å². The van der Waals surface area contributed by atoms with Crippen molar-refractivity contribution in [2.24, 2.45) is 11.8 Å². The van der Waals surface area contributed by atoms with Gasteiger partial charge in [0.15, 0.2) is 0 Å². The largest absolute Gasteiger partial charge is 0.369 e. The summed E-state index contributed by atoms with van der Waals surface area (Å²) in [4.78, 5) is 5.41. The minimum Gasteiger partial charge on any atom is -0.369 e. The maximum atomic E-state index is 2.82. The van der Waals surface area contributed by atoms with Gasteiger partial charge in [-0.25, -0.2) is 0 Å². The van der Waals surface area contributed by atoms with Crippen LogP contribution in [0.1, 0.15) is 37.7 Å². The van der Waals surface area contributed by atoms with Crippen LogP contribution >= 0.6 is 0 Å². The van der Waals surface area contributed by atoms with E-state index in [1.807, 2.05) is 0 Å². The van der Waals surface area contributed by atoms with Gasteiger partial charge in [0.1, 0.15) is 0 Å². The monoisotopic (exact) mass is 284 g/mol. The highest BCUT2D eigenvalue weighted by atomic mass is 15.3. The molecule has 0 amide bonds. The number of hydrogen-bond donors (Lipinski definition) is 0. The third-order valence-corrected chi connectivity index (χ3v) is 6.24. The van der Waals surface area contributed by atoms with Gasteiger partial charge in [-0.2, -0.15) is 0 Å². The summed E-state index contributed by atoms with van der Waals surface area (Å²) in [5, 5.41) is 0. The van der Waals surface area contributed by atoms with Gasteiger partial charge < -0.3 is 4.90 Å². The molecule has 0 N–H and O–H groups in total. The Morgan fingerprint density at radius 1 is 0.905 bits per heavy atom. The van der Waals surface area contributed by atoms with Crippen LogP contribution in [-0.4, -0.2) is 37.1 Å². The van der Waals surface area contributed by atoms with Crippen molar-refractivity contribution in [2.75, 3.05) is 31.1 Å². The normalized spacial score (nSPS) is 33.4. The Morgan fingerprint density at radius 2 is 1.67 bits per heavy atom. The molecule has 2 saturated carbocycles. The van der Waals surface area contributed by atoms with Crippen LogP contribution in [0.15, 0.2) is 24.3 Å². The maximum Gasteiger partial charge on any atom is 0.0396 e. The molecule has 3 aliphatic rings. The van der Waals surface area contributed by atoms with Crippen LogP contribution in [0.5, 0.6) is 0 Å². The van der Waals surface area contributed by atoms with Gasteiger partial charge in [0, 0.05) is 37.9 Å². The summed E-state index contributed by atoms with van der Waals surface area (Å²) in [6.07, 6.45) is 7.53. The summed E-state index contributed by atoms with van der Waals surface area (Å²) in [5.74, 6) is 2.10. The smallest absolute Gasteiger partial charge is 0.0396 e. The number of aryl methyl sites for hydroxylation is 1. The standard InChI is InChI=1S/C19H28N2/c1-15-4-2-3-5-18(15)20-10-12-21(13-11-20)19-9-7-16-6-8-17(19)14-16/h2-5,16-17,19H,6-14H2,1H3. The van der Waals surface area contributed by atoms with Gasteiger partial charge in [-0.3, -0.25) is 4.90 Å². The predicted octanol–water partition coefficient (Wildman–Crippen LogP) is 3.70. The number of rotatable bonds is 2. The third-order valence-electron chi connectivity index (χ3n) is 6.24. The molecule has 4 rings (SSSR count). The molecule has 0 spiro atoms. The summed E-state index contributed by atoms with van der Waals surface area (Å²) >= 11 is 0. The second kappa shape index (κ2) is 5.64. The van der Waals surface area contributed by atoms with Crippen LogP contribution in [-0.2, 0) is 0 Å². The van der Waals surface area contributed by atoms with Crippen LogP contribution in [0.4, 0.5) is 5.69 Å². The fraction of sp³-hybridized carbons (Fsp3) is 0.684. The summed E-state index contributed by atoms with van der Waals surface area (Å²) in [5.41, 5.74) is 2.86. The first kappa shape index (κ1) is 13.6. The molecular weight excluding hydrogens is 256 g/mol. The molecule has 1 aliphatic heterocycles. The zero-order chi connectivity index (χ0) is 14.2. The van der Waals surface area contributed by atoms with Crippen molar-refractivity contribution in [3.8, 4) is 0 Å². The Labute approximate surface area is 129 Å². The highest BCUT2D eigenvalue weighted by molar-refractivity contribution is 5.53. The summed E-state index contributed by atoms with van der Waals surface area (Å²) in [7, 11) is 0. The van der Waals surface area contributed by atoms with Gasteiger partial charge in [0.2, 0.25) is 0 Å². The summed E-state index contributed by atoms with van der Waals surface area (Å²) in [6.45, 7) is 7.18. The zero-order valence-electron chi connectivity index (χ0n) is 13.3. The van der Waals surface area contributed by atoms with Gasteiger partial charge in [0.05, 0.1) is 0 Å². The van der Waals surface area contributed by atoms with Gasteiger partial charge >= 0.3 is 0 Å². The van der Waals surface area contributed by atoms with E-state index in [1.54, 1.807) is 0 Å². The lowest BCUT2D eigenvalue weighted by Crippen LogP contribution is -2.53. The van der Waals surface area contributed by atoms with E-state index in [0.29, 0.717) is 0 Å². The van der Waals surface area contributed by atoms with Crippen molar-refractivity contribution in [3.05, 3.63) is 29.8 Å². The van der Waals surface area contributed by atoms with Gasteiger partial charge in [-0.05, 0) is 56.1 Å². The fourth-order valence-corrected chi connectivity index (χ4v) is 5.06. The van der Waals surface area contributed by atoms with E-state index < -0.39 is 0 Å². The SMILES string of the molecule is Cc1ccccc1N1CCN(C2CCC3CCC2C3)CC1. The molecule has 3 unspecified atom stereocenters. The minimum atomic E-state index is 0.905. The Balaban J connectivity index is 1.39. The van der Waals surface area contributed by atoms with E-state index in [9.17, 15) is 0 Å². The van der Waals surface area contributed by atoms with Crippen molar-refractivity contribution in [2.45, 2.75) is 45.1 Å². The number of fused-ring (bicyclic) bond motifs is 2. The highest BCUT2D eigenvalue weighted by Gasteiger charge is 2.39. The molecule has 0 aromatic heterocycles. The van der Waals surface area contributed by atoms with Crippen LogP contribution < -0.4 is 4.90 Å². The van der Waals surface area contributed by atoms with Crippen molar-refractivity contribution < 1.29 is 0 Å². The molecule has 0 radical (unpaired) electrons. The van der Waals surface area contributed by atoms with E-state index in [4.69, 9.17) is 0 Å². The molecular formula is C19H28N2. The molecule has 3 atom stereocenters. The average molecular weight is 284 g/mol. The second-order valence-corrected chi connectivity index (χ2v) is 7.39. The average Bonchev–Trinajstić information content (AvgIpc) is 2.90. The maximum absolute atomic E-state index is 2.82. The molecule has 1 saturated heterocycles. The lowest BCUT2D eigenvalue weighted by molar-refractivity contribution is 0.103. The number of benzene rings is 1. The van der Waals surface area contributed by atoms with E-state index in [1.165, 1.54) is 69.5 Å². The zero-order valence-corrected chi connectivity index (χ0v) is 13.3. The van der Waals surface area contributed by atoms with Crippen molar-refractivity contribution >= 4 is 5.69 Å². The molecule has 114 valence electrons. The quantitative estimate of drug-likeness (QED) is 0.817. The molecule has 2 bridgehead atoms. The van der Waals surface area contributed by atoms with Crippen molar-refractivity contribution in [3.63, 3.8) is 0 Å². The first-order valence-corrected chi connectivity index (χ1v) is 8.86. The van der Waals surface area contributed by atoms with Crippen LogP contribution in [0.2, 0.25) is 0 Å². The van der Waals surface area contributed by atoms with Crippen LogP contribution in [0, 0.1) is 18.8 Å². The molecule has 1 aromatic rings. The Hall–Kier alpha value is -1.02. The Kier molecular flexibility index (Phi) is 3.66.